The molecule has 4 nitrogen and oxygen atoms in total. The van der Waals surface area contributed by atoms with Crippen LogP contribution in [0.25, 0.3) is 10.2 Å². The summed E-state index contributed by atoms with van der Waals surface area (Å²) in [7, 11) is 0. The van der Waals surface area contributed by atoms with E-state index in [2.05, 4.69) is 26.0 Å². The first kappa shape index (κ1) is 18.4. The van der Waals surface area contributed by atoms with E-state index in [9.17, 15) is 4.79 Å². The van der Waals surface area contributed by atoms with Gasteiger partial charge in [-0.15, -0.1) is 0 Å². The van der Waals surface area contributed by atoms with Crippen molar-refractivity contribution in [2.75, 3.05) is 4.90 Å². The number of fused-ring (bicyclic) bond motifs is 1. The first-order valence-electron chi connectivity index (χ1n) is 9.22. The van der Waals surface area contributed by atoms with Gasteiger partial charge in [-0.3, -0.25) is 9.69 Å². The molecule has 4 rings (SSSR count). The molecule has 0 spiro atoms. The molecule has 0 saturated carbocycles. The summed E-state index contributed by atoms with van der Waals surface area (Å²) in [6.45, 7) is 8.43. The quantitative estimate of drug-likeness (QED) is 0.431. The fourth-order valence-electron chi connectivity index (χ4n) is 3.26. The number of anilines is 1. The van der Waals surface area contributed by atoms with Crippen molar-refractivity contribution in [2.45, 2.75) is 34.2 Å². The lowest BCUT2D eigenvalue weighted by atomic mass is 10.0. The second kappa shape index (κ2) is 7.24. The minimum atomic E-state index is -0.0630. The zero-order valence-electron chi connectivity index (χ0n) is 16.4. The van der Waals surface area contributed by atoms with Crippen LogP contribution in [0.2, 0.25) is 0 Å². The van der Waals surface area contributed by atoms with Crippen molar-refractivity contribution in [2.24, 2.45) is 0 Å². The minimum Gasteiger partial charge on any atom is -0.467 e. The third-order valence-corrected chi connectivity index (χ3v) is 6.14. The third kappa shape index (κ3) is 3.34. The monoisotopic (exact) mass is 390 g/mol. The molecule has 0 fully saturated rings. The van der Waals surface area contributed by atoms with Crippen molar-refractivity contribution >= 4 is 32.6 Å². The van der Waals surface area contributed by atoms with Gasteiger partial charge in [-0.25, -0.2) is 4.98 Å². The van der Waals surface area contributed by atoms with E-state index in [1.165, 1.54) is 5.56 Å². The van der Waals surface area contributed by atoms with E-state index in [4.69, 9.17) is 9.40 Å². The molecule has 4 aromatic rings. The highest BCUT2D eigenvalue weighted by atomic mass is 32.1. The highest BCUT2D eigenvalue weighted by molar-refractivity contribution is 7.22. The Morgan fingerprint density at radius 3 is 2.50 bits per heavy atom. The average molecular weight is 391 g/mol. The molecule has 2 aromatic carbocycles. The Balaban J connectivity index is 1.84. The summed E-state index contributed by atoms with van der Waals surface area (Å²) in [5.41, 5.74) is 5.94. The molecule has 2 heterocycles. The lowest BCUT2D eigenvalue weighted by molar-refractivity contribution is 0.0982. The van der Waals surface area contributed by atoms with Crippen LogP contribution >= 0.6 is 11.3 Å². The number of furan rings is 1. The summed E-state index contributed by atoms with van der Waals surface area (Å²) in [6.07, 6.45) is 1.63. The van der Waals surface area contributed by atoms with Crippen LogP contribution < -0.4 is 4.90 Å². The van der Waals surface area contributed by atoms with E-state index >= 15 is 0 Å². The zero-order valence-corrected chi connectivity index (χ0v) is 17.3. The van der Waals surface area contributed by atoms with Crippen LogP contribution in [0.4, 0.5) is 5.13 Å². The Morgan fingerprint density at radius 1 is 1.04 bits per heavy atom. The van der Waals surface area contributed by atoms with Crippen LogP contribution in [0.3, 0.4) is 0 Å². The molecule has 142 valence electrons. The number of rotatable bonds is 4. The molecule has 0 aliphatic rings. The summed E-state index contributed by atoms with van der Waals surface area (Å²) in [5.74, 6) is 0.665. The zero-order chi connectivity index (χ0) is 19.8. The predicted molar refractivity (Wildman–Crippen MR) is 114 cm³/mol. The number of aromatic nitrogens is 1. The van der Waals surface area contributed by atoms with Crippen LogP contribution in [-0.2, 0) is 6.54 Å². The molecule has 2 aromatic heterocycles. The number of amides is 1. The maximum Gasteiger partial charge on any atom is 0.260 e. The van der Waals surface area contributed by atoms with Crippen LogP contribution in [0.15, 0.2) is 53.1 Å². The van der Waals surface area contributed by atoms with Crippen LogP contribution in [0.5, 0.6) is 0 Å². The van der Waals surface area contributed by atoms with Crippen molar-refractivity contribution < 1.29 is 9.21 Å². The SMILES string of the molecule is Cc1ccc(C)c(C(=O)N(Cc2ccco2)c2nc3c(C)ccc(C)c3s2)c1. The Labute approximate surface area is 168 Å². The topological polar surface area (TPSA) is 46.3 Å². The second-order valence-corrected chi connectivity index (χ2v) is 8.14. The number of nitrogens with zero attached hydrogens (tertiary/aromatic N) is 2. The highest BCUT2D eigenvalue weighted by Crippen LogP contribution is 2.34. The molecule has 5 heteroatoms. The summed E-state index contributed by atoms with van der Waals surface area (Å²) in [6, 6.07) is 13.8. The van der Waals surface area contributed by atoms with Crippen molar-refractivity contribution in [3.8, 4) is 0 Å². The highest BCUT2D eigenvalue weighted by Gasteiger charge is 2.24. The van der Waals surface area contributed by atoms with Gasteiger partial charge in [0.25, 0.3) is 5.91 Å². The largest absolute Gasteiger partial charge is 0.467 e. The van der Waals surface area contributed by atoms with E-state index in [1.807, 2.05) is 44.2 Å². The van der Waals surface area contributed by atoms with Crippen molar-refractivity contribution in [3.63, 3.8) is 0 Å². The van der Waals surface area contributed by atoms with Gasteiger partial charge < -0.3 is 4.42 Å². The second-order valence-electron chi connectivity index (χ2n) is 7.16. The fourth-order valence-corrected chi connectivity index (χ4v) is 4.37. The number of benzene rings is 2. The molecule has 0 N–H and O–H groups in total. The molecular weight excluding hydrogens is 368 g/mol. The van der Waals surface area contributed by atoms with Crippen LogP contribution in [0, 0.1) is 27.7 Å². The maximum absolute atomic E-state index is 13.5. The first-order chi connectivity index (χ1) is 13.4. The van der Waals surface area contributed by atoms with E-state index in [0.29, 0.717) is 17.2 Å². The molecule has 0 unspecified atom stereocenters. The summed E-state index contributed by atoms with van der Waals surface area (Å²) in [5, 5.41) is 0.690. The molecule has 0 aliphatic carbocycles. The van der Waals surface area contributed by atoms with Crippen molar-refractivity contribution in [3.05, 3.63) is 82.3 Å². The number of carbonyl (C=O) groups excluding carboxylic acids is 1. The van der Waals surface area contributed by atoms with E-state index in [1.54, 1.807) is 22.5 Å². The lowest BCUT2D eigenvalue weighted by Crippen LogP contribution is -2.30. The fraction of sp³-hybridized carbons (Fsp3) is 0.217. The number of carbonyl (C=O) groups is 1. The standard InChI is InChI=1S/C23H22N2O2S/c1-14-7-8-15(2)19(12-14)22(26)25(13-18-6-5-11-27-18)23-24-20-16(3)9-10-17(4)21(20)28-23/h5-12H,13H2,1-4H3. The molecule has 0 aliphatic heterocycles. The summed E-state index contributed by atoms with van der Waals surface area (Å²) >= 11 is 1.55. The van der Waals surface area contributed by atoms with E-state index in [-0.39, 0.29) is 5.91 Å². The minimum absolute atomic E-state index is 0.0630. The van der Waals surface area contributed by atoms with Gasteiger partial charge in [0, 0.05) is 5.56 Å². The Bertz CT molecular complexity index is 1120. The number of hydrogen-bond donors (Lipinski definition) is 0. The number of hydrogen-bond acceptors (Lipinski definition) is 4. The van der Waals surface area contributed by atoms with Gasteiger partial charge in [-0.2, -0.15) is 0 Å². The van der Waals surface area contributed by atoms with E-state index in [0.717, 1.165) is 32.7 Å². The summed E-state index contributed by atoms with van der Waals surface area (Å²) in [4.78, 5) is 20.1. The molecule has 0 atom stereocenters. The van der Waals surface area contributed by atoms with Gasteiger partial charge >= 0.3 is 0 Å². The Morgan fingerprint density at radius 2 is 1.79 bits per heavy atom. The number of thiazole rings is 1. The average Bonchev–Trinajstić information content (AvgIpc) is 3.34. The number of aryl methyl sites for hydroxylation is 4. The Hall–Kier alpha value is -2.92. The van der Waals surface area contributed by atoms with Crippen LogP contribution in [-0.4, -0.2) is 10.9 Å². The van der Waals surface area contributed by atoms with Gasteiger partial charge in [0.2, 0.25) is 0 Å². The van der Waals surface area contributed by atoms with E-state index < -0.39 is 0 Å². The maximum atomic E-state index is 13.5. The normalized spacial score (nSPS) is 11.1. The lowest BCUT2D eigenvalue weighted by Gasteiger charge is -2.20. The van der Waals surface area contributed by atoms with Gasteiger partial charge in [0.15, 0.2) is 5.13 Å². The molecular formula is C23H22N2O2S. The third-order valence-electron chi connectivity index (χ3n) is 4.92. The molecule has 28 heavy (non-hydrogen) atoms. The van der Waals surface area contributed by atoms with Gasteiger partial charge in [0.1, 0.15) is 5.76 Å². The first-order valence-corrected chi connectivity index (χ1v) is 10.0. The van der Waals surface area contributed by atoms with Crippen molar-refractivity contribution in [1.29, 1.82) is 0 Å². The molecule has 0 bridgehead atoms. The molecule has 0 saturated heterocycles. The van der Waals surface area contributed by atoms with Gasteiger partial charge in [0.05, 0.1) is 23.0 Å². The Kier molecular flexibility index (Phi) is 4.77. The van der Waals surface area contributed by atoms with Gasteiger partial charge in [-0.05, 0) is 62.6 Å². The van der Waals surface area contributed by atoms with Gasteiger partial charge in [-0.1, -0.05) is 41.2 Å². The molecule has 1 amide bonds. The van der Waals surface area contributed by atoms with Crippen molar-refractivity contribution in [1.82, 2.24) is 4.98 Å². The molecule has 0 radical (unpaired) electrons. The smallest absolute Gasteiger partial charge is 0.260 e. The summed E-state index contributed by atoms with van der Waals surface area (Å²) < 4.78 is 6.65. The van der Waals surface area contributed by atoms with Crippen LogP contribution in [0.1, 0.15) is 38.4 Å². The predicted octanol–water partition coefficient (Wildman–Crippen LogP) is 5.97.